The molecule has 0 saturated heterocycles. The molecule has 0 saturated carbocycles. The standard InChI is InChI=1S/C19H17N5O/c1-25-16-7-5-14(6-8-16)23-18-17-9-10-24(19(17)22-12-21-18)15-4-2-3-13(20)11-15/h2-12H,20H2,1H3,(H,21,22,23). The van der Waals surface area contributed by atoms with Gasteiger partial charge in [-0.2, -0.15) is 0 Å². The fourth-order valence-electron chi connectivity index (χ4n) is 2.75. The number of rotatable bonds is 4. The van der Waals surface area contributed by atoms with Crippen molar-refractivity contribution in [2.75, 3.05) is 18.2 Å². The Labute approximate surface area is 144 Å². The van der Waals surface area contributed by atoms with E-state index in [2.05, 4.69) is 15.3 Å². The molecule has 3 N–H and O–H groups in total. The first-order chi connectivity index (χ1) is 12.2. The SMILES string of the molecule is COc1ccc(Nc2ncnc3c2ccn3-c2cccc(N)c2)cc1. The Balaban J connectivity index is 1.73. The molecule has 2 aromatic heterocycles. The fourth-order valence-corrected chi connectivity index (χ4v) is 2.75. The van der Waals surface area contributed by atoms with Gasteiger partial charge in [0.15, 0.2) is 0 Å². The van der Waals surface area contributed by atoms with E-state index in [1.54, 1.807) is 13.4 Å². The first-order valence-corrected chi connectivity index (χ1v) is 7.83. The first kappa shape index (κ1) is 15.0. The van der Waals surface area contributed by atoms with Crippen molar-refractivity contribution in [3.05, 3.63) is 67.1 Å². The molecule has 6 heteroatoms. The summed E-state index contributed by atoms with van der Waals surface area (Å²) in [4.78, 5) is 8.81. The number of benzene rings is 2. The van der Waals surface area contributed by atoms with Crippen molar-refractivity contribution < 1.29 is 4.74 Å². The molecule has 0 aliphatic heterocycles. The average Bonchev–Trinajstić information content (AvgIpc) is 3.07. The zero-order chi connectivity index (χ0) is 17.2. The summed E-state index contributed by atoms with van der Waals surface area (Å²) in [5, 5.41) is 4.26. The monoisotopic (exact) mass is 331 g/mol. The highest BCUT2D eigenvalue weighted by Gasteiger charge is 2.10. The van der Waals surface area contributed by atoms with Crippen LogP contribution in [0.25, 0.3) is 16.7 Å². The van der Waals surface area contributed by atoms with Crippen molar-refractivity contribution in [1.29, 1.82) is 0 Å². The molecule has 4 aromatic rings. The lowest BCUT2D eigenvalue weighted by atomic mass is 10.3. The first-order valence-electron chi connectivity index (χ1n) is 7.83. The summed E-state index contributed by atoms with van der Waals surface area (Å²) >= 11 is 0. The molecule has 0 spiro atoms. The molecule has 2 heterocycles. The number of nitrogens with zero attached hydrogens (tertiary/aromatic N) is 3. The van der Waals surface area contributed by atoms with Crippen molar-refractivity contribution in [3.8, 4) is 11.4 Å². The summed E-state index contributed by atoms with van der Waals surface area (Å²) in [6, 6.07) is 17.4. The normalized spacial score (nSPS) is 10.8. The molecule has 0 aliphatic carbocycles. The Morgan fingerprint density at radius 1 is 1.04 bits per heavy atom. The smallest absolute Gasteiger partial charge is 0.150 e. The highest BCUT2D eigenvalue weighted by molar-refractivity contribution is 5.90. The molecule has 0 atom stereocenters. The van der Waals surface area contributed by atoms with Crippen LogP contribution < -0.4 is 15.8 Å². The number of nitrogen functional groups attached to an aromatic ring is 1. The van der Waals surface area contributed by atoms with Crippen molar-refractivity contribution in [2.24, 2.45) is 0 Å². The fraction of sp³-hybridized carbons (Fsp3) is 0.0526. The number of methoxy groups -OCH3 is 1. The van der Waals surface area contributed by atoms with Crippen LogP contribution in [-0.4, -0.2) is 21.6 Å². The average molecular weight is 331 g/mol. The molecule has 25 heavy (non-hydrogen) atoms. The van der Waals surface area contributed by atoms with Crippen LogP contribution in [0.15, 0.2) is 67.1 Å². The molecular weight excluding hydrogens is 314 g/mol. The lowest BCUT2D eigenvalue weighted by molar-refractivity contribution is 0.415. The Bertz CT molecular complexity index is 1020. The van der Waals surface area contributed by atoms with E-state index in [1.165, 1.54) is 0 Å². The molecule has 0 amide bonds. The number of ether oxygens (including phenoxy) is 1. The highest BCUT2D eigenvalue weighted by Crippen LogP contribution is 2.27. The van der Waals surface area contributed by atoms with Gasteiger partial charge in [-0.05, 0) is 48.5 Å². The van der Waals surface area contributed by atoms with Crippen LogP contribution >= 0.6 is 0 Å². The maximum absolute atomic E-state index is 5.90. The minimum absolute atomic E-state index is 0.713. The van der Waals surface area contributed by atoms with Crippen LogP contribution in [0.5, 0.6) is 5.75 Å². The summed E-state index contributed by atoms with van der Waals surface area (Å²) in [6.07, 6.45) is 3.52. The third-order valence-corrected chi connectivity index (χ3v) is 3.98. The Morgan fingerprint density at radius 2 is 1.88 bits per heavy atom. The quantitative estimate of drug-likeness (QED) is 0.557. The Morgan fingerprint density at radius 3 is 2.64 bits per heavy atom. The molecule has 124 valence electrons. The number of nitrogens with one attached hydrogen (secondary N) is 1. The lowest BCUT2D eigenvalue weighted by Gasteiger charge is -2.09. The third-order valence-electron chi connectivity index (χ3n) is 3.98. The molecule has 0 aliphatic rings. The van der Waals surface area contributed by atoms with Gasteiger partial charge >= 0.3 is 0 Å². The molecular formula is C19H17N5O. The van der Waals surface area contributed by atoms with Crippen molar-refractivity contribution >= 4 is 28.2 Å². The third kappa shape index (κ3) is 2.85. The zero-order valence-corrected chi connectivity index (χ0v) is 13.7. The van der Waals surface area contributed by atoms with Crippen molar-refractivity contribution in [3.63, 3.8) is 0 Å². The molecule has 0 radical (unpaired) electrons. The van der Waals surface area contributed by atoms with Gasteiger partial charge in [0.05, 0.1) is 12.5 Å². The Kier molecular flexibility index (Phi) is 3.70. The number of hydrogen-bond donors (Lipinski definition) is 2. The van der Waals surface area contributed by atoms with E-state index in [-0.39, 0.29) is 0 Å². The summed E-state index contributed by atoms with van der Waals surface area (Å²) in [5.41, 5.74) is 9.32. The van der Waals surface area contributed by atoms with Gasteiger partial charge in [-0.15, -0.1) is 0 Å². The van der Waals surface area contributed by atoms with E-state index in [4.69, 9.17) is 10.5 Å². The maximum Gasteiger partial charge on any atom is 0.150 e. The van der Waals surface area contributed by atoms with Crippen LogP contribution in [0.3, 0.4) is 0 Å². The maximum atomic E-state index is 5.90. The van der Waals surface area contributed by atoms with Crippen LogP contribution in [0.1, 0.15) is 0 Å². The second-order valence-corrected chi connectivity index (χ2v) is 5.59. The molecule has 0 unspecified atom stereocenters. The predicted molar refractivity (Wildman–Crippen MR) is 99.6 cm³/mol. The molecule has 0 fully saturated rings. The van der Waals surface area contributed by atoms with Crippen LogP contribution in [0, 0.1) is 0 Å². The van der Waals surface area contributed by atoms with Crippen molar-refractivity contribution in [2.45, 2.75) is 0 Å². The molecule has 0 bridgehead atoms. The zero-order valence-electron chi connectivity index (χ0n) is 13.7. The van der Waals surface area contributed by atoms with Crippen molar-refractivity contribution in [1.82, 2.24) is 14.5 Å². The number of anilines is 3. The van der Waals surface area contributed by atoms with Gasteiger partial charge in [0.2, 0.25) is 0 Å². The summed E-state index contributed by atoms with van der Waals surface area (Å²) in [6.45, 7) is 0. The van der Waals surface area contributed by atoms with E-state index in [0.717, 1.165) is 34.0 Å². The van der Waals surface area contributed by atoms with Crippen LogP contribution in [-0.2, 0) is 0 Å². The van der Waals surface area contributed by atoms with Gasteiger partial charge < -0.3 is 20.4 Å². The number of fused-ring (bicyclic) bond motifs is 1. The van der Waals surface area contributed by atoms with Gasteiger partial charge in [0, 0.05) is 23.3 Å². The highest BCUT2D eigenvalue weighted by atomic mass is 16.5. The van der Waals surface area contributed by atoms with E-state index in [0.29, 0.717) is 5.69 Å². The minimum Gasteiger partial charge on any atom is -0.497 e. The van der Waals surface area contributed by atoms with Gasteiger partial charge in [-0.1, -0.05) is 6.07 Å². The number of hydrogen-bond acceptors (Lipinski definition) is 5. The lowest BCUT2D eigenvalue weighted by Crippen LogP contribution is -1.98. The van der Waals surface area contributed by atoms with E-state index < -0.39 is 0 Å². The predicted octanol–water partition coefficient (Wildman–Crippen LogP) is 3.75. The molecule has 4 rings (SSSR count). The van der Waals surface area contributed by atoms with Gasteiger partial charge in [-0.25, -0.2) is 9.97 Å². The minimum atomic E-state index is 0.713. The summed E-state index contributed by atoms with van der Waals surface area (Å²) in [5.74, 6) is 1.56. The summed E-state index contributed by atoms with van der Waals surface area (Å²) in [7, 11) is 1.65. The largest absolute Gasteiger partial charge is 0.497 e. The van der Waals surface area contributed by atoms with E-state index in [1.807, 2.05) is 65.4 Å². The van der Waals surface area contributed by atoms with Crippen LogP contribution in [0.2, 0.25) is 0 Å². The van der Waals surface area contributed by atoms with Crippen LogP contribution in [0.4, 0.5) is 17.2 Å². The second kappa shape index (κ2) is 6.16. The van der Waals surface area contributed by atoms with Gasteiger partial charge in [0.25, 0.3) is 0 Å². The number of nitrogens with two attached hydrogens (primary N) is 1. The van der Waals surface area contributed by atoms with E-state index in [9.17, 15) is 0 Å². The number of aromatic nitrogens is 3. The molecule has 6 nitrogen and oxygen atoms in total. The second-order valence-electron chi connectivity index (χ2n) is 5.59. The summed E-state index contributed by atoms with van der Waals surface area (Å²) < 4.78 is 7.18. The molecule has 2 aromatic carbocycles. The Hall–Kier alpha value is -3.54. The van der Waals surface area contributed by atoms with E-state index >= 15 is 0 Å². The van der Waals surface area contributed by atoms with Gasteiger partial charge in [0.1, 0.15) is 23.5 Å². The van der Waals surface area contributed by atoms with Gasteiger partial charge in [-0.3, -0.25) is 0 Å². The topological polar surface area (TPSA) is 78.0 Å².